The number of nitrogens with zero attached hydrogens (tertiary/aromatic N) is 1. The van der Waals surface area contributed by atoms with Crippen molar-refractivity contribution in [3.05, 3.63) is 0 Å². The lowest BCUT2D eigenvalue weighted by atomic mass is 9.93. The summed E-state index contributed by atoms with van der Waals surface area (Å²) >= 11 is 1.69. The first-order chi connectivity index (χ1) is 9.06. The van der Waals surface area contributed by atoms with Crippen molar-refractivity contribution in [2.75, 3.05) is 11.5 Å². The van der Waals surface area contributed by atoms with Crippen molar-refractivity contribution in [3.63, 3.8) is 0 Å². The highest BCUT2D eigenvalue weighted by Crippen LogP contribution is 2.25. The summed E-state index contributed by atoms with van der Waals surface area (Å²) in [7, 11) is 0. The largest absolute Gasteiger partial charge is 0.337 e. The monoisotopic (exact) mass is 286 g/mol. The number of hydrogen-bond acceptors (Lipinski definition) is 3. The predicted molar refractivity (Wildman–Crippen MR) is 84.4 cm³/mol. The van der Waals surface area contributed by atoms with E-state index in [0.29, 0.717) is 23.7 Å². The molecule has 0 heterocycles. The van der Waals surface area contributed by atoms with E-state index < -0.39 is 0 Å². The summed E-state index contributed by atoms with van der Waals surface area (Å²) in [5.41, 5.74) is 5.89. The van der Waals surface area contributed by atoms with Crippen LogP contribution in [0.15, 0.2) is 0 Å². The van der Waals surface area contributed by atoms with Crippen molar-refractivity contribution in [2.24, 2.45) is 5.73 Å². The van der Waals surface area contributed by atoms with Crippen molar-refractivity contribution in [2.45, 2.75) is 77.4 Å². The Bertz CT molecular complexity index is 265. The van der Waals surface area contributed by atoms with Gasteiger partial charge < -0.3 is 10.6 Å². The molecule has 1 atom stereocenters. The van der Waals surface area contributed by atoms with Gasteiger partial charge in [-0.2, -0.15) is 11.8 Å². The van der Waals surface area contributed by atoms with Crippen LogP contribution < -0.4 is 5.73 Å². The number of carbonyl (C=O) groups is 1. The smallest absolute Gasteiger partial charge is 0.233 e. The quantitative estimate of drug-likeness (QED) is 0.782. The van der Waals surface area contributed by atoms with E-state index >= 15 is 0 Å². The first kappa shape index (κ1) is 16.8. The highest BCUT2D eigenvalue weighted by Gasteiger charge is 2.27. The highest BCUT2D eigenvalue weighted by molar-refractivity contribution is 7.99. The molecule has 112 valence electrons. The molecule has 1 rings (SSSR count). The molecule has 1 amide bonds. The molecule has 1 saturated carbocycles. The SMILES string of the molecule is CCC(N)CSCC(=O)N(C(C)C)C1CCCCC1. The summed E-state index contributed by atoms with van der Waals surface area (Å²) < 4.78 is 0. The van der Waals surface area contributed by atoms with E-state index in [1.54, 1.807) is 11.8 Å². The van der Waals surface area contributed by atoms with Gasteiger partial charge in [-0.05, 0) is 33.1 Å². The number of amides is 1. The van der Waals surface area contributed by atoms with E-state index in [1.807, 2.05) is 0 Å². The zero-order chi connectivity index (χ0) is 14.3. The molecular weight excluding hydrogens is 256 g/mol. The molecule has 0 radical (unpaired) electrons. The van der Waals surface area contributed by atoms with Crippen molar-refractivity contribution < 1.29 is 4.79 Å². The maximum atomic E-state index is 12.4. The van der Waals surface area contributed by atoms with Gasteiger partial charge in [0.1, 0.15) is 0 Å². The Kier molecular flexibility index (Phi) is 7.84. The third-order valence-electron chi connectivity index (χ3n) is 3.89. The van der Waals surface area contributed by atoms with Crippen molar-refractivity contribution in [1.82, 2.24) is 4.90 Å². The van der Waals surface area contributed by atoms with Crippen LogP contribution in [0.1, 0.15) is 59.3 Å². The molecule has 0 spiro atoms. The molecule has 0 aromatic heterocycles. The molecule has 1 fully saturated rings. The van der Waals surface area contributed by atoms with Gasteiger partial charge in [-0.25, -0.2) is 0 Å². The minimum Gasteiger partial charge on any atom is -0.337 e. The van der Waals surface area contributed by atoms with Gasteiger partial charge in [0.2, 0.25) is 5.91 Å². The maximum absolute atomic E-state index is 12.4. The fourth-order valence-corrected chi connectivity index (χ4v) is 3.74. The lowest BCUT2D eigenvalue weighted by Crippen LogP contribution is -2.46. The van der Waals surface area contributed by atoms with Crippen LogP contribution in [0.5, 0.6) is 0 Å². The van der Waals surface area contributed by atoms with Crippen LogP contribution in [0, 0.1) is 0 Å². The van der Waals surface area contributed by atoms with Crippen LogP contribution in [-0.4, -0.2) is 40.4 Å². The lowest BCUT2D eigenvalue weighted by molar-refractivity contribution is -0.133. The first-order valence-corrected chi connectivity index (χ1v) is 8.86. The third-order valence-corrected chi connectivity index (χ3v) is 5.01. The second kappa shape index (κ2) is 8.85. The van der Waals surface area contributed by atoms with Crippen molar-refractivity contribution in [3.8, 4) is 0 Å². The van der Waals surface area contributed by atoms with Crippen LogP contribution in [0.2, 0.25) is 0 Å². The fourth-order valence-electron chi connectivity index (χ4n) is 2.76. The van der Waals surface area contributed by atoms with Crippen LogP contribution >= 0.6 is 11.8 Å². The topological polar surface area (TPSA) is 46.3 Å². The lowest BCUT2D eigenvalue weighted by Gasteiger charge is -2.37. The molecule has 4 heteroatoms. The third kappa shape index (κ3) is 5.74. The number of carbonyl (C=O) groups excluding carboxylic acids is 1. The van der Waals surface area contributed by atoms with Crippen molar-refractivity contribution >= 4 is 17.7 Å². The van der Waals surface area contributed by atoms with E-state index in [0.717, 1.165) is 12.2 Å². The van der Waals surface area contributed by atoms with Crippen LogP contribution in [0.25, 0.3) is 0 Å². The minimum atomic E-state index is 0.222. The minimum absolute atomic E-state index is 0.222. The molecule has 2 N–H and O–H groups in total. The Morgan fingerprint density at radius 2 is 1.95 bits per heavy atom. The predicted octanol–water partition coefficient (Wildman–Crippen LogP) is 3.03. The van der Waals surface area contributed by atoms with E-state index in [4.69, 9.17) is 5.73 Å². The van der Waals surface area contributed by atoms with E-state index in [1.165, 1.54) is 32.1 Å². The molecule has 0 aliphatic heterocycles. The molecular formula is C15H30N2OS. The molecule has 0 saturated heterocycles. The number of hydrogen-bond donors (Lipinski definition) is 1. The Hall–Kier alpha value is -0.220. The molecule has 1 aliphatic carbocycles. The fraction of sp³-hybridized carbons (Fsp3) is 0.933. The Balaban J connectivity index is 2.43. The van der Waals surface area contributed by atoms with Gasteiger partial charge in [-0.3, -0.25) is 4.79 Å². The van der Waals surface area contributed by atoms with Gasteiger partial charge in [0.15, 0.2) is 0 Å². The molecule has 0 aromatic carbocycles. The first-order valence-electron chi connectivity index (χ1n) is 7.70. The van der Waals surface area contributed by atoms with E-state index in [-0.39, 0.29) is 6.04 Å². The number of rotatable bonds is 7. The van der Waals surface area contributed by atoms with Gasteiger partial charge in [0.05, 0.1) is 5.75 Å². The average Bonchev–Trinajstić information content (AvgIpc) is 2.39. The molecule has 19 heavy (non-hydrogen) atoms. The van der Waals surface area contributed by atoms with Gasteiger partial charge in [0.25, 0.3) is 0 Å². The Morgan fingerprint density at radius 1 is 1.32 bits per heavy atom. The van der Waals surface area contributed by atoms with E-state index in [2.05, 4.69) is 25.7 Å². The summed E-state index contributed by atoms with van der Waals surface area (Å²) in [6, 6.07) is 1.01. The summed E-state index contributed by atoms with van der Waals surface area (Å²) in [6.07, 6.45) is 7.23. The second-order valence-electron chi connectivity index (χ2n) is 5.87. The zero-order valence-corrected chi connectivity index (χ0v) is 13.5. The molecule has 1 aliphatic rings. The van der Waals surface area contributed by atoms with Gasteiger partial charge in [-0.15, -0.1) is 0 Å². The molecule has 0 aromatic rings. The number of thioether (sulfide) groups is 1. The van der Waals surface area contributed by atoms with Gasteiger partial charge in [0, 0.05) is 23.9 Å². The zero-order valence-electron chi connectivity index (χ0n) is 12.7. The summed E-state index contributed by atoms with van der Waals surface area (Å²) in [4.78, 5) is 14.5. The second-order valence-corrected chi connectivity index (χ2v) is 6.90. The molecule has 1 unspecified atom stereocenters. The van der Waals surface area contributed by atoms with Gasteiger partial charge in [-0.1, -0.05) is 26.2 Å². The highest BCUT2D eigenvalue weighted by atomic mass is 32.2. The number of nitrogens with two attached hydrogens (primary N) is 1. The van der Waals surface area contributed by atoms with Gasteiger partial charge >= 0.3 is 0 Å². The normalized spacial score (nSPS) is 18.6. The van der Waals surface area contributed by atoms with Crippen LogP contribution in [0.3, 0.4) is 0 Å². The van der Waals surface area contributed by atoms with E-state index in [9.17, 15) is 4.79 Å². The maximum Gasteiger partial charge on any atom is 0.233 e. The molecule has 0 bridgehead atoms. The Labute approximate surface area is 122 Å². The summed E-state index contributed by atoms with van der Waals surface area (Å²) in [6.45, 7) is 6.36. The standard InChI is InChI=1S/C15H30N2OS/c1-4-13(16)10-19-11-15(18)17(12(2)3)14-8-6-5-7-9-14/h12-14H,4-11,16H2,1-3H3. The van der Waals surface area contributed by atoms with Crippen LogP contribution in [-0.2, 0) is 4.79 Å². The summed E-state index contributed by atoms with van der Waals surface area (Å²) in [5.74, 6) is 1.77. The molecule has 3 nitrogen and oxygen atoms in total. The van der Waals surface area contributed by atoms with Crippen LogP contribution in [0.4, 0.5) is 0 Å². The summed E-state index contributed by atoms with van der Waals surface area (Å²) in [5, 5.41) is 0. The average molecular weight is 286 g/mol. The Morgan fingerprint density at radius 3 is 2.47 bits per heavy atom. The van der Waals surface area contributed by atoms with Crippen molar-refractivity contribution in [1.29, 1.82) is 0 Å².